The van der Waals surface area contributed by atoms with E-state index in [1.807, 2.05) is 11.0 Å². The number of carbonyl (C=O) groups is 1. The van der Waals surface area contributed by atoms with Crippen LogP contribution in [0.25, 0.3) is 0 Å². The topological polar surface area (TPSA) is 70.5 Å². The number of carbonyl (C=O) groups excluding carboxylic acids is 1. The van der Waals surface area contributed by atoms with E-state index in [0.29, 0.717) is 12.6 Å². The van der Waals surface area contributed by atoms with Gasteiger partial charge in [-0.25, -0.2) is 9.48 Å². The average Bonchev–Trinajstić information content (AvgIpc) is 3.13. The van der Waals surface area contributed by atoms with Crippen LogP contribution in [0.5, 0.6) is 0 Å². The summed E-state index contributed by atoms with van der Waals surface area (Å²) in [5.74, 6) is 0. The van der Waals surface area contributed by atoms with Gasteiger partial charge < -0.3 is 10.2 Å². The molecule has 1 aromatic heterocycles. The highest BCUT2D eigenvalue weighted by Crippen LogP contribution is 2.19. The molecule has 7 heteroatoms. The van der Waals surface area contributed by atoms with Gasteiger partial charge in [-0.2, -0.15) is 5.10 Å². The van der Waals surface area contributed by atoms with Gasteiger partial charge in [0.25, 0.3) is 5.56 Å². The van der Waals surface area contributed by atoms with E-state index in [1.165, 1.54) is 12.8 Å². The lowest BCUT2D eigenvalue weighted by Gasteiger charge is -2.35. The maximum Gasteiger partial charge on any atom is 0.317 e. The van der Waals surface area contributed by atoms with Crippen molar-refractivity contribution in [2.75, 3.05) is 32.7 Å². The molecule has 1 aromatic rings. The van der Waals surface area contributed by atoms with Crippen LogP contribution >= 0.6 is 0 Å². The molecule has 150 valence electrons. The highest BCUT2D eigenvalue weighted by molar-refractivity contribution is 5.74. The maximum atomic E-state index is 12.4. The van der Waals surface area contributed by atoms with Crippen LogP contribution in [0, 0.1) is 0 Å². The predicted octanol–water partition coefficient (Wildman–Crippen LogP) is 1.81. The van der Waals surface area contributed by atoms with Crippen LogP contribution in [0.15, 0.2) is 16.9 Å². The number of urea groups is 1. The van der Waals surface area contributed by atoms with Gasteiger partial charge in [-0.1, -0.05) is 33.6 Å². The molecule has 7 nitrogen and oxygen atoms in total. The summed E-state index contributed by atoms with van der Waals surface area (Å²) in [7, 11) is 0. The Balaban J connectivity index is 1.47. The van der Waals surface area contributed by atoms with Crippen molar-refractivity contribution < 1.29 is 4.79 Å². The van der Waals surface area contributed by atoms with Gasteiger partial charge in [0, 0.05) is 50.2 Å². The summed E-state index contributed by atoms with van der Waals surface area (Å²) < 4.78 is 1.57. The summed E-state index contributed by atoms with van der Waals surface area (Å²) in [6, 6.07) is 3.88. The third-order valence-electron chi connectivity index (χ3n) is 5.61. The smallest absolute Gasteiger partial charge is 0.317 e. The minimum atomic E-state index is -0.0756. The molecule has 0 spiro atoms. The predicted molar refractivity (Wildman–Crippen MR) is 106 cm³/mol. The second-order valence-electron chi connectivity index (χ2n) is 8.79. The summed E-state index contributed by atoms with van der Waals surface area (Å²) >= 11 is 0. The van der Waals surface area contributed by atoms with Crippen LogP contribution in [0.3, 0.4) is 0 Å². The second-order valence-corrected chi connectivity index (χ2v) is 8.79. The Morgan fingerprint density at radius 3 is 2.41 bits per heavy atom. The Morgan fingerprint density at radius 2 is 1.78 bits per heavy atom. The molecule has 1 aliphatic heterocycles. The number of amides is 2. The standard InChI is InChI=1S/C20H33N5O2/c1-20(2,3)17-8-9-18(26)25(22-17)15-12-23-10-13-24(14-11-23)19(27)21-16-6-4-5-7-16/h8-9,16H,4-7,10-15H2,1-3H3,(H,21,27). The quantitative estimate of drug-likeness (QED) is 0.871. The fourth-order valence-electron chi connectivity index (χ4n) is 3.76. The Kier molecular flexibility index (Phi) is 6.19. The van der Waals surface area contributed by atoms with Crippen LogP contribution in [-0.4, -0.2) is 64.4 Å². The molecule has 1 saturated heterocycles. The highest BCUT2D eigenvalue weighted by atomic mass is 16.2. The number of piperazine rings is 1. The van der Waals surface area contributed by atoms with Crippen molar-refractivity contribution in [1.82, 2.24) is 24.9 Å². The molecule has 0 unspecified atom stereocenters. The van der Waals surface area contributed by atoms with Crippen molar-refractivity contribution in [3.05, 3.63) is 28.2 Å². The summed E-state index contributed by atoms with van der Waals surface area (Å²) in [5, 5.41) is 7.69. The Morgan fingerprint density at radius 1 is 1.11 bits per heavy atom. The maximum absolute atomic E-state index is 12.4. The number of hydrogen-bond donors (Lipinski definition) is 1. The summed E-state index contributed by atoms with van der Waals surface area (Å²) in [6.45, 7) is 10.8. The van der Waals surface area contributed by atoms with E-state index in [4.69, 9.17) is 0 Å². The fourth-order valence-corrected chi connectivity index (χ4v) is 3.76. The lowest BCUT2D eigenvalue weighted by molar-refractivity contribution is 0.133. The summed E-state index contributed by atoms with van der Waals surface area (Å²) in [4.78, 5) is 28.7. The van der Waals surface area contributed by atoms with Gasteiger partial charge in [0.05, 0.1) is 12.2 Å². The van der Waals surface area contributed by atoms with E-state index in [2.05, 4.69) is 36.1 Å². The number of nitrogens with zero attached hydrogens (tertiary/aromatic N) is 4. The summed E-state index contributed by atoms with van der Waals surface area (Å²) in [5.41, 5.74) is 0.793. The normalized spacial score (nSPS) is 19.4. The van der Waals surface area contributed by atoms with Crippen LogP contribution in [-0.2, 0) is 12.0 Å². The second kappa shape index (κ2) is 8.42. The number of aromatic nitrogens is 2. The molecule has 0 radical (unpaired) electrons. The molecule has 2 fully saturated rings. The Labute approximate surface area is 161 Å². The van der Waals surface area contributed by atoms with E-state index >= 15 is 0 Å². The van der Waals surface area contributed by atoms with Crippen molar-refractivity contribution in [2.45, 2.75) is 64.5 Å². The van der Waals surface area contributed by atoms with Gasteiger partial charge in [0.15, 0.2) is 0 Å². The molecule has 1 aliphatic carbocycles. The first-order valence-electron chi connectivity index (χ1n) is 10.2. The monoisotopic (exact) mass is 375 g/mol. The van der Waals surface area contributed by atoms with Crippen molar-refractivity contribution in [3.63, 3.8) is 0 Å². The fraction of sp³-hybridized carbons (Fsp3) is 0.750. The average molecular weight is 376 g/mol. The van der Waals surface area contributed by atoms with Gasteiger partial charge in [0.2, 0.25) is 0 Å². The van der Waals surface area contributed by atoms with E-state index in [0.717, 1.165) is 51.3 Å². The first-order valence-corrected chi connectivity index (χ1v) is 10.2. The van der Waals surface area contributed by atoms with Crippen molar-refractivity contribution >= 4 is 6.03 Å². The number of nitrogens with one attached hydrogen (secondary N) is 1. The minimum Gasteiger partial charge on any atom is -0.335 e. The molecule has 0 bridgehead atoms. The lowest BCUT2D eigenvalue weighted by atomic mass is 9.92. The van der Waals surface area contributed by atoms with E-state index < -0.39 is 0 Å². The van der Waals surface area contributed by atoms with Gasteiger partial charge in [-0.15, -0.1) is 0 Å². The third-order valence-corrected chi connectivity index (χ3v) is 5.61. The molecule has 0 aromatic carbocycles. The van der Waals surface area contributed by atoms with Crippen LogP contribution in [0.1, 0.15) is 52.1 Å². The first-order chi connectivity index (χ1) is 12.8. The van der Waals surface area contributed by atoms with Gasteiger partial charge in [-0.05, 0) is 18.9 Å². The van der Waals surface area contributed by atoms with Crippen LogP contribution in [0.4, 0.5) is 4.79 Å². The zero-order valence-corrected chi connectivity index (χ0v) is 16.9. The molecule has 3 rings (SSSR count). The SMILES string of the molecule is CC(C)(C)c1ccc(=O)n(CCN2CCN(C(=O)NC3CCCC3)CC2)n1. The van der Waals surface area contributed by atoms with E-state index in [1.54, 1.807) is 10.7 Å². The number of hydrogen-bond acceptors (Lipinski definition) is 4. The molecule has 2 heterocycles. The van der Waals surface area contributed by atoms with Gasteiger partial charge >= 0.3 is 6.03 Å². The van der Waals surface area contributed by atoms with Crippen molar-refractivity contribution in [1.29, 1.82) is 0 Å². The molecule has 2 amide bonds. The Hall–Kier alpha value is -1.89. The largest absolute Gasteiger partial charge is 0.335 e. The Bertz CT molecular complexity index is 695. The van der Waals surface area contributed by atoms with Crippen molar-refractivity contribution in [3.8, 4) is 0 Å². The highest BCUT2D eigenvalue weighted by Gasteiger charge is 2.24. The van der Waals surface area contributed by atoms with Crippen molar-refractivity contribution in [2.24, 2.45) is 0 Å². The van der Waals surface area contributed by atoms with Crippen LogP contribution < -0.4 is 10.9 Å². The first kappa shape index (κ1) is 19.9. The number of rotatable bonds is 4. The summed E-state index contributed by atoms with van der Waals surface area (Å²) in [6.07, 6.45) is 4.67. The molecule has 1 saturated carbocycles. The molecule has 2 aliphatic rings. The van der Waals surface area contributed by atoms with Crippen LogP contribution in [0.2, 0.25) is 0 Å². The minimum absolute atomic E-state index is 0.0578. The van der Waals surface area contributed by atoms with Gasteiger partial charge in [-0.3, -0.25) is 9.69 Å². The third kappa shape index (κ3) is 5.31. The zero-order chi connectivity index (χ0) is 19.4. The molecular formula is C20H33N5O2. The molecule has 1 N–H and O–H groups in total. The van der Waals surface area contributed by atoms with E-state index in [-0.39, 0.29) is 17.0 Å². The molecular weight excluding hydrogens is 342 g/mol. The van der Waals surface area contributed by atoms with Gasteiger partial charge in [0.1, 0.15) is 0 Å². The molecule has 0 atom stereocenters. The zero-order valence-electron chi connectivity index (χ0n) is 16.9. The molecule has 27 heavy (non-hydrogen) atoms. The van der Waals surface area contributed by atoms with E-state index in [9.17, 15) is 9.59 Å². The lowest BCUT2D eigenvalue weighted by Crippen LogP contribution is -2.53.